The molecule has 120 valence electrons. The van der Waals surface area contributed by atoms with Crippen LogP contribution < -0.4 is 9.44 Å². The first kappa shape index (κ1) is 17.4. The van der Waals surface area contributed by atoms with Crippen molar-refractivity contribution in [2.45, 2.75) is 16.3 Å². The molecule has 6 nitrogen and oxygen atoms in total. The molecular formula is C12H13ClN2O4S3. The van der Waals surface area contributed by atoms with Crippen molar-refractivity contribution >= 4 is 43.0 Å². The van der Waals surface area contributed by atoms with Gasteiger partial charge in [-0.3, -0.25) is 0 Å². The van der Waals surface area contributed by atoms with Crippen molar-refractivity contribution < 1.29 is 16.8 Å². The third-order valence-electron chi connectivity index (χ3n) is 2.82. The van der Waals surface area contributed by atoms with E-state index in [0.717, 1.165) is 11.3 Å². The number of thiophene rings is 1. The Morgan fingerprint density at radius 1 is 1.14 bits per heavy atom. The van der Waals surface area contributed by atoms with Crippen molar-refractivity contribution in [3.63, 3.8) is 0 Å². The monoisotopic (exact) mass is 380 g/mol. The molecule has 10 heteroatoms. The Morgan fingerprint density at radius 3 is 2.45 bits per heavy atom. The minimum absolute atomic E-state index is 0.0122. The van der Waals surface area contributed by atoms with Crippen molar-refractivity contribution in [3.05, 3.63) is 45.6 Å². The average Bonchev–Trinajstić information content (AvgIpc) is 2.93. The standard InChI is InChI=1S/C12H13ClN2O4S3/c1-14-21(16,17)10-4-2-3-9(7-10)8-15-22(18,19)11-5-6-20-12(11)13/h2-7,14-15H,8H2,1H3. The molecule has 0 saturated heterocycles. The van der Waals surface area contributed by atoms with Crippen LogP contribution in [0.5, 0.6) is 0 Å². The normalized spacial score (nSPS) is 12.5. The Bertz CT molecular complexity index is 875. The van der Waals surface area contributed by atoms with E-state index in [1.807, 2.05) is 0 Å². The van der Waals surface area contributed by atoms with E-state index < -0.39 is 20.0 Å². The number of hydrogen-bond donors (Lipinski definition) is 2. The van der Waals surface area contributed by atoms with Crippen LogP contribution in [0.2, 0.25) is 4.34 Å². The van der Waals surface area contributed by atoms with Crippen LogP contribution >= 0.6 is 22.9 Å². The summed E-state index contributed by atoms with van der Waals surface area (Å²) in [5.74, 6) is 0. The van der Waals surface area contributed by atoms with Gasteiger partial charge in [0.05, 0.1) is 4.90 Å². The quantitative estimate of drug-likeness (QED) is 0.799. The van der Waals surface area contributed by atoms with Crippen molar-refractivity contribution in [2.24, 2.45) is 0 Å². The molecule has 1 aromatic heterocycles. The molecule has 0 bridgehead atoms. The third-order valence-corrected chi connectivity index (χ3v) is 7.08. The van der Waals surface area contributed by atoms with Crippen LogP contribution in [0.3, 0.4) is 0 Å². The SMILES string of the molecule is CNS(=O)(=O)c1cccc(CNS(=O)(=O)c2ccsc2Cl)c1. The molecule has 1 heterocycles. The predicted octanol–water partition coefficient (Wildman–Crippen LogP) is 1.79. The molecule has 2 N–H and O–H groups in total. The highest BCUT2D eigenvalue weighted by Crippen LogP contribution is 2.27. The Morgan fingerprint density at radius 2 is 1.86 bits per heavy atom. The molecule has 0 spiro atoms. The number of hydrogen-bond acceptors (Lipinski definition) is 5. The van der Waals surface area contributed by atoms with E-state index in [-0.39, 0.29) is 20.7 Å². The van der Waals surface area contributed by atoms with E-state index in [4.69, 9.17) is 11.6 Å². The molecule has 0 saturated carbocycles. The molecule has 2 aromatic rings. The van der Waals surface area contributed by atoms with Crippen LogP contribution in [-0.4, -0.2) is 23.9 Å². The van der Waals surface area contributed by atoms with Crippen LogP contribution in [0.4, 0.5) is 0 Å². The Hall–Kier alpha value is -0.970. The summed E-state index contributed by atoms with van der Waals surface area (Å²) in [6.45, 7) is -0.0401. The van der Waals surface area contributed by atoms with Gasteiger partial charge in [0.1, 0.15) is 9.23 Å². The number of nitrogens with one attached hydrogen (secondary N) is 2. The zero-order valence-electron chi connectivity index (χ0n) is 11.4. The fourth-order valence-corrected chi connectivity index (χ4v) is 5.03. The summed E-state index contributed by atoms with van der Waals surface area (Å²) in [6.07, 6.45) is 0. The summed E-state index contributed by atoms with van der Waals surface area (Å²) in [7, 11) is -6.00. The van der Waals surface area contributed by atoms with Crippen LogP contribution in [0.1, 0.15) is 5.56 Å². The molecule has 0 unspecified atom stereocenters. The van der Waals surface area contributed by atoms with E-state index in [1.54, 1.807) is 17.5 Å². The lowest BCUT2D eigenvalue weighted by Gasteiger charge is -2.08. The Labute approximate surface area is 138 Å². The molecule has 22 heavy (non-hydrogen) atoms. The zero-order chi connectivity index (χ0) is 16.4. The lowest BCUT2D eigenvalue weighted by atomic mass is 10.2. The molecule has 0 aliphatic heterocycles. The zero-order valence-corrected chi connectivity index (χ0v) is 14.6. The van der Waals surface area contributed by atoms with Crippen LogP contribution in [0.15, 0.2) is 45.5 Å². The minimum atomic E-state index is -3.74. The van der Waals surface area contributed by atoms with E-state index in [0.29, 0.717) is 5.56 Å². The maximum Gasteiger partial charge on any atom is 0.243 e. The van der Waals surface area contributed by atoms with Gasteiger partial charge in [0.2, 0.25) is 20.0 Å². The van der Waals surface area contributed by atoms with E-state index in [1.165, 1.54) is 25.2 Å². The molecule has 2 rings (SSSR count). The van der Waals surface area contributed by atoms with E-state index >= 15 is 0 Å². The second-order valence-corrected chi connectivity index (χ2v) is 9.38. The molecule has 0 radical (unpaired) electrons. The highest BCUT2D eigenvalue weighted by Gasteiger charge is 2.19. The molecular weight excluding hydrogens is 368 g/mol. The largest absolute Gasteiger partial charge is 0.243 e. The fraction of sp³-hybridized carbons (Fsp3) is 0.167. The second kappa shape index (κ2) is 6.65. The number of rotatable bonds is 6. The summed E-state index contributed by atoms with van der Waals surface area (Å²) in [5, 5.41) is 1.58. The molecule has 0 atom stereocenters. The van der Waals surface area contributed by atoms with Crippen molar-refractivity contribution in [2.75, 3.05) is 7.05 Å². The Kier molecular flexibility index (Phi) is 5.25. The first-order valence-electron chi connectivity index (χ1n) is 6.01. The van der Waals surface area contributed by atoms with Gasteiger partial charge >= 0.3 is 0 Å². The van der Waals surface area contributed by atoms with Crippen LogP contribution in [0.25, 0.3) is 0 Å². The van der Waals surface area contributed by atoms with Gasteiger partial charge in [-0.05, 0) is 36.2 Å². The van der Waals surface area contributed by atoms with Crippen LogP contribution in [0, 0.1) is 0 Å². The number of halogens is 1. The van der Waals surface area contributed by atoms with Crippen LogP contribution in [-0.2, 0) is 26.6 Å². The molecule has 0 fully saturated rings. The number of sulfonamides is 2. The van der Waals surface area contributed by atoms with Crippen molar-refractivity contribution in [1.82, 2.24) is 9.44 Å². The maximum atomic E-state index is 12.1. The summed E-state index contributed by atoms with van der Waals surface area (Å²) < 4.78 is 52.4. The van der Waals surface area contributed by atoms with Crippen molar-refractivity contribution in [3.8, 4) is 0 Å². The topological polar surface area (TPSA) is 92.3 Å². The lowest BCUT2D eigenvalue weighted by molar-refractivity contribution is 0.581. The third kappa shape index (κ3) is 3.86. The minimum Gasteiger partial charge on any atom is -0.214 e. The fourth-order valence-electron chi connectivity index (χ4n) is 1.67. The Balaban J connectivity index is 2.19. The average molecular weight is 381 g/mol. The second-order valence-electron chi connectivity index (χ2n) is 4.24. The van der Waals surface area contributed by atoms with E-state index in [9.17, 15) is 16.8 Å². The van der Waals surface area contributed by atoms with Gasteiger partial charge in [0.15, 0.2) is 0 Å². The maximum absolute atomic E-state index is 12.1. The first-order valence-corrected chi connectivity index (χ1v) is 10.2. The first-order chi connectivity index (χ1) is 10.3. The van der Waals surface area contributed by atoms with Gasteiger partial charge in [-0.15, -0.1) is 11.3 Å². The molecule has 0 aliphatic rings. The molecule has 1 aromatic carbocycles. The smallest absolute Gasteiger partial charge is 0.214 e. The number of benzene rings is 1. The van der Waals surface area contributed by atoms with Gasteiger partial charge in [0.25, 0.3) is 0 Å². The molecule has 0 amide bonds. The van der Waals surface area contributed by atoms with Gasteiger partial charge < -0.3 is 0 Å². The van der Waals surface area contributed by atoms with E-state index in [2.05, 4.69) is 9.44 Å². The lowest BCUT2D eigenvalue weighted by Crippen LogP contribution is -2.23. The summed E-state index contributed by atoms with van der Waals surface area (Å²) in [6, 6.07) is 7.43. The summed E-state index contributed by atoms with van der Waals surface area (Å²) >= 11 is 6.94. The highest BCUT2D eigenvalue weighted by molar-refractivity contribution is 7.90. The highest BCUT2D eigenvalue weighted by atomic mass is 35.5. The van der Waals surface area contributed by atoms with Gasteiger partial charge in [-0.1, -0.05) is 23.7 Å². The van der Waals surface area contributed by atoms with Gasteiger partial charge in [-0.2, -0.15) is 0 Å². The van der Waals surface area contributed by atoms with Crippen molar-refractivity contribution in [1.29, 1.82) is 0 Å². The predicted molar refractivity (Wildman–Crippen MR) is 86.0 cm³/mol. The molecule has 0 aliphatic carbocycles. The summed E-state index contributed by atoms with van der Waals surface area (Å²) in [5.41, 5.74) is 0.520. The van der Waals surface area contributed by atoms with Gasteiger partial charge in [0, 0.05) is 6.54 Å². The van der Waals surface area contributed by atoms with Gasteiger partial charge in [-0.25, -0.2) is 26.3 Å². The summed E-state index contributed by atoms with van der Waals surface area (Å²) in [4.78, 5) is 0.0819.